The number of oxime groups is 1. The van der Waals surface area contributed by atoms with Gasteiger partial charge in [-0.05, 0) is 48.9 Å². The molecule has 0 aliphatic rings. The van der Waals surface area contributed by atoms with Crippen molar-refractivity contribution in [3.05, 3.63) is 71.2 Å². The van der Waals surface area contributed by atoms with Crippen LogP contribution in [0.15, 0.2) is 58.2 Å². The lowest BCUT2D eigenvalue weighted by molar-refractivity contribution is -0.137. The summed E-state index contributed by atoms with van der Waals surface area (Å²) in [4.78, 5) is 17.0. The molecule has 34 heavy (non-hydrogen) atoms. The molecule has 0 aliphatic heterocycles. The van der Waals surface area contributed by atoms with E-state index in [2.05, 4.69) is 15.0 Å². The van der Waals surface area contributed by atoms with Crippen molar-refractivity contribution < 1.29 is 41.2 Å². The van der Waals surface area contributed by atoms with E-state index in [-0.39, 0.29) is 36.0 Å². The maximum absolute atomic E-state index is 13.3. The van der Waals surface area contributed by atoms with E-state index in [4.69, 9.17) is 14.1 Å². The molecule has 0 saturated carbocycles. The Labute approximate surface area is 191 Å². The van der Waals surface area contributed by atoms with Gasteiger partial charge in [0.1, 0.15) is 30.5 Å². The van der Waals surface area contributed by atoms with E-state index in [1.54, 1.807) is 0 Å². The molecule has 0 aliphatic carbocycles. The second-order valence-electron chi connectivity index (χ2n) is 6.98. The summed E-state index contributed by atoms with van der Waals surface area (Å²) in [5.41, 5.74) is -0.348. The molecule has 0 spiro atoms. The molecule has 0 bridgehead atoms. The van der Waals surface area contributed by atoms with Crippen LogP contribution < -0.4 is 4.74 Å². The summed E-state index contributed by atoms with van der Waals surface area (Å²) in [7, 11) is 1.06. The van der Waals surface area contributed by atoms with Crippen LogP contribution in [0.4, 0.5) is 17.6 Å². The molecule has 0 radical (unpaired) electrons. The van der Waals surface area contributed by atoms with Gasteiger partial charge in [0.25, 0.3) is 0 Å². The first kappa shape index (κ1) is 24.7. The zero-order chi connectivity index (χ0) is 24.7. The number of carbonyl (C=O) groups is 1. The summed E-state index contributed by atoms with van der Waals surface area (Å²) >= 11 is 0. The fraction of sp³-hybridized carbons (Fsp3) is 0.261. The van der Waals surface area contributed by atoms with E-state index < -0.39 is 23.5 Å². The summed E-state index contributed by atoms with van der Waals surface area (Å²) in [5, 5.41) is 7.86. The number of ether oxygens (including phenoxy) is 2. The molecule has 0 fully saturated rings. The average molecular weight is 480 g/mol. The molecule has 2 aromatic carbocycles. The molecule has 0 saturated heterocycles. The molecular weight excluding hydrogens is 460 g/mol. The van der Waals surface area contributed by atoms with Gasteiger partial charge in [-0.25, -0.2) is 9.18 Å². The molecular formula is C23H20F4N2O5. The normalized spacial score (nSPS) is 11.9. The zero-order valence-electron chi connectivity index (χ0n) is 18.2. The van der Waals surface area contributed by atoms with Gasteiger partial charge in [-0.15, -0.1) is 0 Å². The molecule has 3 rings (SSSR count). The molecule has 0 N–H and O–H groups in total. The SMILES string of the molecule is CCCO/N=C(\COc1cc(C(=O)OC)cc(C(F)(F)F)c1)c1cc(-c2ccc(F)cc2)no1. The highest BCUT2D eigenvalue weighted by Gasteiger charge is 2.32. The van der Waals surface area contributed by atoms with Gasteiger partial charge in [-0.2, -0.15) is 13.2 Å². The first-order chi connectivity index (χ1) is 16.2. The lowest BCUT2D eigenvalue weighted by atomic mass is 10.1. The number of alkyl halides is 3. The largest absolute Gasteiger partial charge is 0.487 e. The quantitative estimate of drug-likeness (QED) is 0.132. The summed E-state index contributed by atoms with van der Waals surface area (Å²) < 4.78 is 68.3. The minimum absolute atomic E-state index is 0.103. The van der Waals surface area contributed by atoms with E-state index in [9.17, 15) is 22.4 Å². The van der Waals surface area contributed by atoms with Crippen LogP contribution in [0.3, 0.4) is 0 Å². The highest BCUT2D eigenvalue weighted by molar-refractivity contribution is 5.99. The van der Waals surface area contributed by atoms with Gasteiger partial charge in [0.05, 0.1) is 18.2 Å². The zero-order valence-corrected chi connectivity index (χ0v) is 18.2. The number of aromatic nitrogens is 1. The van der Waals surface area contributed by atoms with Gasteiger partial charge in [0.2, 0.25) is 0 Å². The van der Waals surface area contributed by atoms with Crippen LogP contribution in [0, 0.1) is 5.82 Å². The Morgan fingerprint density at radius 1 is 1.12 bits per heavy atom. The van der Waals surface area contributed by atoms with Crippen LogP contribution in [0.2, 0.25) is 0 Å². The van der Waals surface area contributed by atoms with E-state index in [0.29, 0.717) is 23.7 Å². The van der Waals surface area contributed by atoms with Crippen molar-refractivity contribution in [2.75, 3.05) is 20.3 Å². The number of hydrogen-bond donors (Lipinski definition) is 0. The predicted molar refractivity (Wildman–Crippen MR) is 113 cm³/mol. The third-order valence-electron chi connectivity index (χ3n) is 4.44. The van der Waals surface area contributed by atoms with E-state index in [1.807, 2.05) is 6.92 Å². The Hall–Kier alpha value is -3.89. The Morgan fingerprint density at radius 2 is 1.85 bits per heavy atom. The van der Waals surface area contributed by atoms with Gasteiger partial charge in [-0.3, -0.25) is 0 Å². The second kappa shape index (κ2) is 10.8. The standard InChI is InChI=1S/C23H20F4N2O5/c1-3-8-33-28-20(21-12-19(29-34-21)14-4-6-17(24)7-5-14)13-32-18-10-15(22(30)31-2)9-16(11-18)23(25,26)27/h4-7,9-12H,3,8,13H2,1-2H3/b28-20+. The Morgan fingerprint density at radius 3 is 2.50 bits per heavy atom. The molecule has 1 heterocycles. The van der Waals surface area contributed by atoms with Crippen LogP contribution in [0.25, 0.3) is 11.3 Å². The number of hydrogen-bond acceptors (Lipinski definition) is 7. The van der Waals surface area contributed by atoms with Crippen molar-refractivity contribution in [3.8, 4) is 17.0 Å². The van der Waals surface area contributed by atoms with Gasteiger partial charge in [0.15, 0.2) is 11.5 Å². The topological polar surface area (TPSA) is 83.2 Å². The molecule has 0 amide bonds. The molecule has 180 valence electrons. The highest BCUT2D eigenvalue weighted by atomic mass is 19.4. The van der Waals surface area contributed by atoms with Gasteiger partial charge in [0, 0.05) is 11.6 Å². The number of methoxy groups -OCH3 is 1. The predicted octanol–water partition coefficient (Wildman–Crippen LogP) is 5.50. The van der Waals surface area contributed by atoms with Crippen molar-refractivity contribution in [1.29, 1.82) is 0 Å². The summed E-state index contributed by atoms with van der Waals surface area (Å²) in [6.07, 6.45) is -4.05. The van der Waals surface area contributed by atoms with Crippen molar-refractivity contribution in [3.63, 3.8) is 0 Å². The first-order valence-corrected chi connectivity index (χ1v) is 10.1. The van der Waals surface area contributed by atoms with Gasteiger partial charge in [-0.1, -0.05) is 17.2 Å². The molecule has 0 atom stereocenters. The minimum atomic E-state index is -4.71. The monoisotopic (exact) mass is 480 g/mol. The maximum atomic E-state index is 13.3. The van der Waals surface area contributed by atoms with Crippen molar-refractivity contribution in [2.24, 2.45) is 5.16 Å². The van der Waals surface area contributed by atoms with E-state index in [0.717, 1.165) is 19.2 Å². The molecule has 1 aromatic heterocycles. The smallest absolute Gasteiger partial charge is 0.416 e. The van der Waals surface area contributed by atoms with Gasteiger partial charge < -0.3 is 18.8 Å². The Balaban J connectivity index is 1.87. The first-order valence-electron chi connectivity index (χ1n) is 10.1. The molecule has 7 nitrogen and oxygen atoms in total. The number of esters is 1. The Bertz CT molecular complexity index is 1160. The minimum Gasteiger partial charge on any atom is -0.487 e. The van der Waals surface area contributed by atoms with Crippen LogP contribution in [-0.4, -0.2) is 37.2 Å². The highest BCUT2D eigenvalue weighted by Crippen LogP contribution is 2.33. The third-order valence-corrected chi connectivity index (χ3v) is 4.44. The van der Waals surface area contributed by atoms with E-state index in [1.165, 1.54) is 30.3 Å². The fourth-order valence-corrected chi connectivity index (χ4v) is 2.76. The number of carbonyl (C=O) groups excluding carboxylic acids is 1. The van der Waals surface area contributed by atoms with Crippen molar-refractivity contribution in [2.45, 2.75) is 19.5 Å². The third kappa shape index (κ3) is 6.33. The summed E-state index contributed by atoms with van der Waals surface area (Å²) in [6, 6.07) is 9.60. The number of rotatable bonds is 9. The maximum Gasteiger partial charge on any atom is 0.416 e. The molecule has 11 heteroatoms. The fourth-order valence-electron chi connectivity index (χ4n) is 2.76. The number of halogens is 4. The van der Waals surface area contributed by atoms with Crippen molar-refractivity contribution in [1.82, 2.24) is 5.16 Å². The van der Waals surface area contributed by atoms with Crippen LogP contribution in [0.5, 0.6) is 5.75 Å². The molecule has 0 unspecified atom stereocenters. The second-order valence-corrected chi connectivity index (χ2v) is 6.98. The van der Waals surface area contributed by atoms with Crippen LogP contribution in [0.1, 0.15) is 35.0 Å². The summed E-state index contributed by atoms with van der Waals surface area (Å²) in [5.74, 6) is -1.47. The van der Waals surface area contributed by atoms with E-state index >= 15 is 0 Å². The van der Waals surface area contributed by atoms with Crippen LogP contribution >= 0.6 is 0 Å². The lowest BCUT2D eigenvalue weighted by Gasteiger charge is -2.12. The average Bonchev–Trinajstić information content (AvgIpc) is 3.30. The van der Waals surface area contributed by atoms with Crippen molar-refractivity contribution >= 4 is 11.7 Å². The number of nitrogens with zero attached hydrogens (tertiary/aromatic N) is 2. The summed E-state index contributed by atoms with van der Waals surface area (Å²) in [6.45, 7) is 1.78. The Kier molecular flexibility index (Phi) is 7.87. The lowest BCUT2D eigenvalue weighted by Crippen LogP contribution is -2.15. The van der Waals surface area contributed by atoms with Gasteiger partial charge >= 0.3 is 12.1 Å². The molecule has 3 aromatic rings. The van der Waals surface area contributed by atoms with Crippen LogP contribution in [-0.2, 0) is 15.8 Å². The number of benzene rings is 2.